The van der Waals surface area contributed by atoms with Crippen molar-refractivity contribution in [2.24, 2.45) is 0 Å². The molecule has 0 aliphatic heterocycles. The lowest BCUT2D eigenvalue weighted by Gasteiger charge is -2.11. The number of ether oxygens (including phenoxy) is 1. The van der Waals surface area contributed by atoms with E-state index >= 15 is 0 Å². The quantitative estimate of drug-likeness (QED) is 0.192. The molecular weight excluding hydrogens is 448 g/mol. The van der Waals surface area contributed by atoms with Crippen LogP contribution < -0.4 is 10.1 Å². The van der Waals surface area contributed by atoms with Crippen LogP contribution in [0, 0.1) is 5.41 Å². The van der Waals surface area contributed by atoms with Crippen molar-refractivity contribution in [2.75, 3.05) is 12.4 Å². The van der Waals surface area contributed by atoms with E-state index in [9.17, 15) is 5.11 Å². The summed E-state index contributed by atoms with van der Waals surface area (Å²) >= 11 is 6.06. The van der Waals surface area contributed by atoms with Crippen molar-refractivity contribution in [3.63, 3.8) is 0 Å². The molecule has 0 bridgehead atoms. The molecule has 4 rings (SSSR count). The van der Waals surface area contributed by atoms with Gasteiger partial charge in [-0.25, -0.2) is 4.98 Å². The number of allylic oxidation sites excluding steroid dienone is 2. The Morgan fingerprint density at radius 1 is 1.06 bits per heavy atom. The molecule has 0 radical (unpaired) electrons. The van der Waals surface area contributed by atoms with Crippen LogP contribution in [0.25, 0.3) is 11.2 Å². The topological polar surface area (TPSA) is 82.6 Å². The van der Waals surface area contributed by atoms with E-state index in [2.05, 4.69) is 17.4 Å². The molecule has 174 valence electrons. The predicted octanol–water partition coefficient (Wildman–Crippen LogP) is 6.85. The lowest BCUT2D eigenvalue weighted by Crippen LogP contribution is -2.02. The van der Waals surface area contributed by atoms with Crippen LogP contribution >= 0.6 is 11.6 Å². The third kappa shape index (κ3) is 5.07. The lowest BCUT2D eigenvalue weighted by molar-refractivity contribution is 0.414. The largest absolute Gasteiger partial charge is 0.512 e. The van der Waals surface area contributed by atoms with E-state index in [1.807, 2.05) is 59.1 Å². The van der Waals surface area contributed by atoms with Crippen molar-refractivity contribution in [1.82, 2.24) is 9.38 Å². The second kappa shape index (κ2) is 10.0. The van der Waals surface area contributed by atoms with Gasteiger partial charge in [-0.2, -0.15) is 0 Å². The van der Waals surface area contributed by atoms with Gasteiger partial charge < -0.3 is 20.6 Å². The second-order valence-corrected chi connectivity index (χ2v) is 8.55. The smallest absolute Gasteiger partial charge is 0.139 e. The number of aliphatic hydroxyl groups is 1. The van der Waals surface area contributed by atoms with Gasteiger partial charge >= 0.3 is 0 Å². The number of aromatic nitrogens is 2. The Bertz CT molecular complexity index is 1350. The number of fused-ring (bicyclic) bond motifs is 1. The number of halogens is 1. The van der Waals surface area contributed by atoms with Gasteiger partial charge in [0, 0.05) is 28.2 Å². The summed E-state index contributed by atoms with van der Waals surface area (Å²) in [5.74, 6) is 1.82. The Balaban J connectivity index is 1.73. The summed E-state index contributed by atoms with van der Waals surface area (Å²) in [4.78, 5) is 4.91. The van der Waals surface area contributed by atoms with E-state index in [-0.39, 0.29) is 5.76 Å². The molecule has 3 N–H and O–H groups in total. The van der Waals surface area contributed by atoms with Crippen LogP contribution in [0.5, 0.6) is 5.75 Å². The van der Waals surface area contributed by atoms with E-state index in [0.717, 1.165) is 47.0 Å². The van der Waals surface area contributed by atoms with Crippen molar-refractivity contribution >= 4 is 40.0 Å². The standard InChI is InChI=1S/C27H27ClN4O2/c1-17(29)26(18(2)33)20-14-15-32-25(16-20)31-24(13-6-19-4-11-23(34-3)12-5-19)27(32)30-22-9-7-21(28)8-10-22/h4-5,7-12,14-16,29-30,33H,6,13H2,1-3H3/b26-18+,29-17?. The van der Waals surface area contributed by atoms with Gasteiger partial charge in [0.25, 0.3) is 0 Å². The maximum absolute atomic E-state index is 10.1. The maximum Gasteiger partial charge on any atom is 0.139 e. The fourth-order valence-corrected chi connectivity index (χ4v) is 4.10. The van der Waals surface area contributed by atoms with Crippen molar-refractivity contribution in [1.29, 1.82) is 5.41 Å². The first kappa shape index (κ1) is 23.4. The van der Waals surface area contributed by atoms with E-state index < -0.39 is 0 Å². The number of nitrogens with zero attached hydrogens (tertiary/aromatic N) is 2. The molecule has 0 fully saturated rings. The number of methoxy groups -OCH3 is 1. The minimum atomic E-state index is 0.114. The molecule has 34 heavy (non-hydrogen) atoms. The molecule has 0 saturated carbocycles. The summed E-state index contributed by atoms with van der Waals surface area (Å²) in [5.41, 5.74) is 5.32. The van der Waals surface area contributed by atoms with E-state index in [4.69, 9.17) is 26.7 Å². The molecule has 2 aromatic carbocycles. The molecular formula is C27H27ClN4O2. The minimum Gasteiger partial charge on any atom is -0.512 e. The fourth-order valence-electron chi connectivity index (χ4n) is 3.98. The van der Waals surface area contributed by atoms with Gasteiger partial charge in [-0.1, -0.05) is 23.7 Å². The predicted molar refractivity (Wildman–Crippen MR) is 139 cm³/mol. The Morgan fingerprint density at radius 2 is 1.76 bits per heavy atom. The van der Waals surface area contributed by atoms with E-state index in [0.29, 0.717) is 16.3 Å². The van der Waals surface area contributed by atoms with Gasteiger partial charge in [0.1, 0.15) is 17.2 Å². The number of nitrogens with one attached hydrogen (secondary N) is 2. The lowest BCUT2D eigenvalue weighted by atomic mass is 10.0. The highest BCUT2D eigenvalue weighted by Crippen LogP contribution is 2.28. The summed E-state index contributed by atoms with van der Waals surface area (Å²) in [6, 6.07) is 19.4. The number of pyridine rings is 1. The molecule has 0 amide bonds. The van der Waals surface area contributed by atoms with Gasteiger partial charge in [0.05, 0.1) is 18.6 Å². The molecule has 2 heterocycles. The van der Waals surface area contributed by atoms with E-state index in [1.54, 1.807) is 21.0 Å². The highest BCUT2D eigenvalue weighted by molar-refractivity contribution is 6.30. The zero-order valence-corrected chi connectivity index (χ0v) is 20.1. The van der Waals surface area contributed by atoms with Gasteiger partial charge in [-0.3, -0.25) is 4.40 Å². The van der Waals surface area contributed by atoms with Crippen molar-refractivity contribution < 1.29 is 9.84 Å². The number of aliphatic hydroxyl groups excluding tert-OH is 1. The van der Waals surface area contributed by atoms with Crippen LogP contribution in [0.1, 0.15) is 30.7 Å². The van der Waals surface area contributed by atoms with Gasteiger partial charge in [-0.05, 0) is 86.3 Å². The Hall–Kier alpha value is -3.77. The zero-order chi connectivity index (χ0) is 24.2. The maximum atomic E-state index is 10.1. The molecule has 2 aromatic heterocycles. The average molecular weight is 475 g/mol. The molecule has 0 aliphatic carbocycles. The fraction of sp³-hybridized carbons (Fsp3) is 0.185. The van der Waals surface area contributed by atoms with Gasteiger partial charge in [0.15, 0.2) is 0 Å². The van der Waals surface area contributed by atoms with Crippen LogP contribution in [-0.4, -0.2) is 27.3 Å². The van der Waals surface area contributed by atoms with E-state index in [1.165, 1.54) is 5.56 Å². The van der Waals surface area contributed by atoms with Crippen LogP contribution in [0.15, 0.2) is 72.6 Å². The van der Waals surface area contributed by atoms with Crippen molar-refractivity contribution in [2.45, 2.75) is 26.7 Å². The van der Waals surface area contributed by atoms with Gasteiger partial charge in [0.2, 0.25) is 0 Å². The number of hydrogen-bond acceptors (Lipinski definition) is 5. The first-order valence-corrected chi connectivity index (χ1v) is 11.4. The van der Waals surface area contributed by atoms with Crippen molar-refractivity contribution in [3.05, 3.63) is 94.5 Å². The summed E-state index contributed by atoms with van der Waals surface area (Å²) < 4.78 is 7.25. The molecule has 6 nitrogen and oxygen atoms in total. The minimum absolute atomic E-state index is 0.114. The molecule has 4 aromatic rings. The normalized spacial score (nSPS) is 11.9. The first-order valence-electron chi connectivity index (χ1n) is 11.0. The highest BCUT2D eigenvalue weighted by Gasteiger charge is 2.16. The summed E-state index contributed by atoms with van der Waals surface area (Å²) in [7, 11) is 1.66. The SMILES string of the molecule is COc1ccc(CCc2nc3cc(/C(C(C)=N)=C(\C)O)ccn3c2Nc2ccc(Cl)cc2)cc1. The first-order chi connectivity index (χ1) is 16.4. The third-order valence-corrected chi connectivity index (χ3v) is 5.89. The number of aryl methyl sites for hydroxylation is 2. The average Bonchev–Trinajstić information content (AvgIpc) is 3.15. The Kier molecular flexibility index (Phi) is 6.89. The molecule has 7 heteroatoms. The number of anilines is 2. The molecule has 0 aliphatic rings. The van der Waals surface area contributed by atoms with Crippen LogP contribution in [-0.2, 0) is 12.8 Å². The number of benzene rings is 2. The Labute approximate surface area is 204 Å². The summed E-state index contributed by atoms with van der Waals surface area (Å²) in [6.07, 6.45) is 3.46. The van der Waals surface area contributed by atoms with Gasteiger partial charge in [-0.15, -0.1) is 0 Å². The molecule has 0 spiro atoms. The third-order valence-electron chi connectivity index (χ3n) is 5.64. The van der Waals surface area contributed by atoms with Crippen LogP contribution in [0.4, 0.5) is 11.5 Å². The number of imidazole rings is 1. The summed E-state index contributed by atoms with van der Waals surface area (Å²) in [6.45, 7) is 3.26. The number of rotatable bonds is 8. The van der Waals surface area contributed by atoms with Crippen LogP contribution in [0.3, 0.4) is 0 Å². The highest BCUT2D eigenvalue weighted by atomic mass is 35.5. The van der Waals surface area contributed by atoms with Crippen LogP contribution in [0.2, 0.25) is 5.02 Å². The van der Waals surface area contributed by atoms with Crippen molar-refractivity contribution in [3.8, 4) is 5.75 Å². The Morgan fingerprint density at radius 3 is 2.38 bits per heavy atom. The molecule has 0 unspecified atom stereocenters. The monoisotopic (exact) mass is 474 g/mol. The molecule has 0 saturated heterocycles. The number of hydrogen-bond donors (Lipinski definition) is 3. The second-order valence-electron chi connectivity index (χ2n) is 8.12. The molecule has 0 atom stereocenters. The zero-order valence-electron chi connectivity index (χ0n) is 19.4. The summed E-state index contributed by atoms with van der Waals surface area (Å²) in [5, 5.41) is 22.3.